The van der Waals surface area contributed by atoms with Crippen LogP contribution in [0.15, 0.2) is 0 Å². The Bertz CT molecular complexity index is 354. The van der Waals surface area contributed by atoms with E-state index >= 15 is 0 Å². The molecule has 9 heteroatoms. The molecule has 0 aliphatic carbocycles. The van der Waals surface area contributed by atoms with Crippen LogP contribution in [0.2, 0.25) is 0 Å². The highest BCUT2D eigenvalue weighted by atomic mass is 32.2. The van der Waals surface area contributed by atoms with E-state index in [-0.39, 0.29) is 11.9 Å². The van der Waals surface area contributed by atoms with E-state index in [4.69, 9.17) is 5.11 Å². The molecule has 0 saturated heterocycles. The second-order valence-electron chi connectivity index (χ2n) is 3.92. The Hall–Kier alpha value is -0.510. The predicted octanol–water partition coefficient (Wildman–Crippen LogP) is 0.0678. The minimum atomic E-state index is -3.99. The topological polar surface area (TPSA) is 105 Å². The van der Waals surface area contributed by atoms with Crippen molar-refractivity contribution < 1.29 is 23.1 Å². The fourth-order valence-electron chi connectivity index (χ4n) is 1.13. The van der Waals surface area contributed by atoms with Gasteiger partial charge in [-0.25, -0.2) is 9.52 Å². The lowest BCUT2D eigenvalue weighted by atomic mass is 10.3. The molecule has 0 radical (unpaired) electrons. The highest BCUT2D eigenvalue weighted by Crippen LogP contribution is 2.10. The number of ether oxygens (including phenoxy) is 1. The molecule has 0 spiro atoms. The summed E-state index contributed by atoms with van der Waals surface area (Å²) >= 11 is 1.33. The molecule has 0 aromatic rings. The first-order chi connectivity index (χ1) is 8.21. The fourth-order valence-corrected chi connectivity index (χ4v) is 2.83. The number of rotatable bonds is 7. The van der Waals surface area contributed by atoms with E-state index in [1.807, 2.05) is 0 Å². The maximum absolute atomic E-state index is 11.6. The molecule has 7 nitrogen and oxygen atoms in total. The molecule has 18 heavy (non-hydrogen) atoms. The van der Waals surface area contributed by atoms with Crippen LogP contribution in [0, 0.1) is 0 Å². The van der Waals surface area contributed by atoms with Crippen LogP contribution in [0.3, 0.4) is 0 Å². The van der Waals surface area contributed by atoms with Gasteiger partial charge in [0.15, 0.2) is 0 Å². The smallest absolute Gasteiger partial charge is 0.422 e. The molecule has 0 heterocycles. The summed E-state index contributed by atoms with van der Waals surface area (Å²) in [5.41, 5.74) is 0. The van der Waals surface area contributed by atoms with Crippen LogP contribution in [-0.2, 0) is 14.9 Å². The number of aliphatic hydroxyl groups excluding tert-OH is 1. The maximum Gasteiger partial charge on any atom is 0.422 e. The van der Waals surface area contributed by atoms with Crippen molar-refractivity contribution in [3.8, 4) is 0 Å². The minimum absolute atomic E-state index is 0.165. The molecule has 0 aromatic heterocycles. The first-order valence-electron chi connectivity index (χ1n) is 5.36. The maximum atomic E-state index is 11.6. The van der Waals surface area contributed by atoms with Crippen molar-refractivity contribution in [1.29, 1.82) is 0 Å². The van der Waals surface area contributed by atoms with Crippen molar-refractivity contribution in [2.75, 3.05) is 12.9 Å². The second-order valence-corrected chi connectivity index (χ2v) is 6.45. The quantitative estimate of drug-likeness (QED) is 0.614. The van der Waals surface area contributed by atoms with E-state index in [1.54, 1.807) is 31.7 Å². The van der Waals surface area contributed by atoms with Crippen molar-refractivity contribution >= 4 is 28.1 Å². The number of carbonyl (C=O) groups is 1. The molecule has 0 rings (SSSR count). The Balaban J connectivity index is 4.43. The average Bonchev–Trinajstić information content (AvgIpc) is 2.15. The largest absolute Gasteiger partial charge is 0.446 e. The van der Waals surface area contributed by atoms with E-state index in [0.717, 1.165) is 0 Å². The first-order valence-corrected chi connectivity index (χ1v) is 8.13. The first kappa shape index (κ1) is 17.5. The lowest BCUT2D eigenvalue weighted by Gasteiger charge is -2.21. The van der Waals surface area contributed by atoms with Crippen LogP contribution in [0.1, 0.15) is 20.8 Å². The van der Waals surface area contributed by atoms with Gasteiger partial charge >= 0.3 is 16.3 Å². The number of nitrogens with one attached hydrogen (secondary N) is 2. The zero-order chi connectivity index (χ0) is 14.3. The van der Waals surface area contributed by atoms with E-state index in [2.05, 4.69) is 9.46 Å². The zero-order valence-corrected chi connectivity index (χ0v) is 12.5. The van der Waals surface area contributed by atoms with Crippen LogP contribution in [0.5, 0.6) is 0 Å². The summed E-state index contributed by atoms with van der Waals surface area (Å²) in [6, 6.07) is -0.519. The summed E-state index contributed by atoms with van der Waals surface area (Å²) in [7, 11) is -3.99. The molecule has 2 unspecified atom stereocenters. The van der Waals surface area contributed by atoms with E-state index in [9.17, 15) is 13.2 Å². The van der Waals surface area contributed by atoms with E-state index < -0.39 is 28.4 Å². The molecule has 0 bridgehead atoms. The molecule has 0 fully saturated rings. The molecule has 3 N–H and O–H groups in total. The van der Waals surface area contributed by atoms with Crippen molar-refractivity contribution in [3.05, 3.63) is 0 Å². The summed E-state index contributed by atoms with van der Waals surface area (Å²) in [4.78, 5) is 11.2. The van der Waals surface area contributed by atoms with Gasteiger partial charge in [0.05, 0.1) is 12.7 Å². The highest BCUT2D eigenvalue weighted by Gasteiger charge is 2.23. The van der Waals surface area contributed by atoms with Crippen molar-refractivity contribution in [2.45, 2.75) is 38.2 Å². The Morgan fingerprint density at radius 1 is 1.39 bits per heavy atom. The number of thioether (sulfide) groups is 1. The van der Waals surface area contributed by atoms with Crippen LogP contribution < -0.4 is 9.44 Å². The van der Waals surface area contributed by atoms with E-state index in [0.29, 0.717) is 0 Å². The lowest BCUT2D eigenvalue weighted by molar-refractivity contribution is 0.121. The van der Waals surface area contributed by atoms with Crippen LogP contribution in [-0.4, -0.2) is 49.9 Å². The van der Waals surface area contributed by atoms with Crippen molar-refractivity contribution in [2.24, 2.45) is 0 Å². The standard InChI is InChI=1S/C9H20N2O5S2/c1-6(2)16-9(13)11-18(14,15)10-7(3)8(5-12)17-4/h6-8,10,12H,5H2,1-4H3,(H,11,13). The Morgan fingerprint density at radius 2 is 1.94 bits per heavy atom. The van der Waals surface area contributed by atoms with Gasteiger partial charge in [-0.1, -0.05) is 0 Å². The predicted molar refractivity (Wildman–Crippen MR) is 70.7 cm³/mol. The van der Waals surface area contributed by atoms with Crippen molar-refractivity contribution in [1.82, 2.24) is 9.44 Å². The Labute approximate surface area is 112 Å². The van der Waals surface area contributed by atoms with Gasteiger partial charge in [-0.15, -0.1) is 0 Å². The third-order valence-corrected chi connectivity index (χ3v) is 4.22. The molecule has 1 amide bonds. The van der Waals surface area contributed by atoms with Crippen LogP contribution in [0.25, 0.3) is 0 Å². The van der Waals surface area contributed by atoms with Crippen molar-refractivity contribution in [3.63, 3.8) is 0 Å². The SMILES string of the molecule is CSC(CO)C(C)NS(=O)(=O)NC(=O)OC(C)C. The molecule has 108 valence electrons. The van der Waals surface area contributed by atoms with Gasteiger partial charge in [0.1, 0.15) is 0 Å². The fraction of sp³-hybridized carbons (Fsp3) is 0.889. The summed E-state index contributed by atoms with van der Waals surface area (Å²) in [5, 5.41) is 8.74. The molecule has 0 aliphatic heterocycles. The average molecular weight is 300 g/mol. The summed E-state index contributed by atoms with van der Waals surface area (Å²) in [5.74, 6) is 0. The molecular formula is C9H20N2O5S2. The number of hydrogen-bond donors (Lipinski definition) is 3. The van der Waals surface area contributed by atoms with Gasteiger partial charge in [-0.3, -0.25) is 0 Å². The normalized spacial score (nSPS) is 15.2. The Morgan fingerprint density at radius 3 is 2.33 bits per heavy atom. The van der Waals surface area contributed by atoms with Gasteiger partial charge in [0, 0.05) is 11.3 Å². The van der Waals surface area contributed by atoms with Gasteiger partial charge in [-0.2, -0.15) is 24.9 Å². The number of carbonyl (C=O) groups excluding carboxylic acids is 1. The number of hydrogen-bond acceptors (Lipinski definition) is 6. The second kappa shape index (κ2) is 7.82. The number of amides is 1. The van der Waals surface area contributed by atoms with Gasteiger partial charge in [0.2, 0.25) is 0 Å². The third-order valence-electron chi connectivity index (χ3n) is 1.94. The number of aliphatic hydroxyl groups is 1. The van der Waals surface area contributed by atoms with Crippen LogP contribution >= 0.6 is 11.8 Å². The van der Waals surface area contributed by atoms with Gasteiger partial charge in [-0.05, 0) is 27.0 Å². The minimum Gasteiger partial charge on any atom is -0.446 e. The Kier molecular flexibility index (Phi) is 7.60. The van der Waals surface area contributed by atoms with Gasteiger partial charge in [0.25, 0.3) is 0 Å². The highest BCUT2D eigenvalue weighted by molar-refractivity contribution is 7.99. The van der Waals surface area contributed by atoms with Gasteiger partial charge < -0.3 is 9.84 Å². The third kappa shape index (κ3) is 7.04. The zero-order valence-electron chi connectivity index (χ0n) is 10.8. The summed E-state index contributed by atoms with van der Waals surface area (Å²) in [6.07, 6.45) is 0.315. The molecule has 0 aromatic carbocycles. The van der Waals surface area contributed by atoms with E-state index in [1.165, 1.54) is 11.8 Å². The molecule has 2 atom stereocenters. The molecular weight excluding hydrogens is 280 g/mol. The molecule has 0 aliphatic rings. The monoisotopic (exact) mass is 300 g/mol. The lowest BCUT2D eigenvalue weighted by Crippen LogP contribution is -2.48. The summed E-state index contributed by atoms with van der Waals surface area (Å²) in [6.45, 7) is 4.65. The summed E-state index contributed by atoms with van der Waals surface area (Å²) < 4.78 is 31.7. The van der Waals surface area contributed by atoms with Crippen LogP contribution in [0.4, 0.5) is 4.79 Å². The molecule has 0 saturated carbocycles.